The van der Waals surface area contributed by atoms with E-state index in [0.29, 0.717) is 5.88 Å². The van der Waals surface area contributed by atoms with E-state index in [1.54, 1.807) is 0 Å². The van der Waals surface area contributed by atoms with E-state index in [-0.39, 0.29) is 0 Å². The number of fused-ring (bicyclic) bond motifs is 1. The van der Waals surface area contributed by atoms with E-state index in [2.05, 4.69) is 26.4 Å². The zero-order valence-corrected chi connectivity index (χ0v) is 12.7. The quantitative estimate of drug-likeness (QED) is 0.813. The lowest BCUT2D eigenvalue weighted by atomic mass is 10.1. The van der Waals surface area contributed by atoms with Crippen LogP contribution >= 0.6 is 11.6 Å². The molecular weight excluding hydrogens is 272 g/mol. The topological polar surface area (TPSA) is 34.0 Å². The third-order valence-corrected chi connectivity index (χ3v) is 4.36. The number of hydrogen-bond acceptors (Lipinski definition) is 3. The zero-order valence-electron chi connectivity index (χ0n) is 12.0. The monoisotopic (exact) mass is 292 g/mol. The van der Waals surface area contributed by atoms with Crippen LogP contribution in [0.5, 0.6) is 0 Å². The van der Waals surface area contributed by atoms with E-state index in [1.807, 2.05) is 12.3 Å². The van der Waals surface area contributed by atoms with Crippen molar-refractivity contribution in [2.75, 3.05) is 19.6 Å². The molecule has 0 amide bonds. The Morgan fingerprint density at radius 3 is 2.75 bits per heavy atom. The SMILES string of the molecule is Cc1ccnc2c1nc(CCl)n2CCN1CCCCC1. The van der Waals surface area contributed by atoms with Crippen LogP contribution < -0.4 is 0 Å². The molecule has 0 aliphatic carbocycles. The van der Waals surface area contributed by atoms with Gasteiger partial charge in [-0.25, -0.2) is 9.97 Å². The standard InChI is InChI=1S/C15H21ClN4/c1-12-5-6-17-15-14(12)18-13(11-16)20(15)10-9-19-7-3-2-4-8-19/h5-6H,2-4,7-11H2,1H3. The molecular formula is C15H21ClN4. The average molecular weight is 293 g/mol. The van der Waals surface area contributed by atoms with Gasteiger partial charge in [0.25, 0.3) is 0 Å². The molecule has 0 N–H and O–H groups in total. The molecule has 3 rings (SSSR count). The Kier molecular flexibility index (Phi) is 4.22. The number of nitrogens with zero attached hydrogens (tertiary/aromatic N) is 4. The summed E-state index contributed by atoms with van der Waals surface area (Å²) in [7, 11) is 0. The Morgan fingerprint density at radius 1 is 1.20 bits per heavy atom. The third-order valence-electron chi connectivity index (χ3n) is 4.12. The lowest BCUT2D eigenvalue weighted by molar-refractivity contribution is 0.221. The predicted molar refractivity (Wildman–Crippen MR) is 82.1 cm³/mol. The summed E-state index contributed by atoms with van der Waals surface area (Å²) < 4.78 is 2.18. The van der Waals surface area contributed by atoms with Crippen LogP contribution in [0.2, 0.25) is 0 Å². The van der Waals surface area contributed by atoms with Gasteiger partial charge in [0.1, 0.15) is 11.3 Å². The van der Waals surface area contributed by atoms with Gasteiger partial charge in [-0.15, -0.1) is 11.6 Å². The molecule has 1 fully saturated rings. The predicted octanol–water partition coefficient (Wildman–Crippen LogP) is 2.96. The van der Waals surface area contributed by atoms with Crippen LogP contribution in [0.4, 0.5) is 0 Å². The summed E-state index contributed by atoms with van der Waals surface area (Å²) in [5, 5.41) is 0. The Morgan fingerprint density at radius 2 is 2.00 bits per heavy atom. The van der Waals surface area contributed by atoms with Crippen LogP contribution in [-0.2, 0) is 12.4 Å². The second kappa shape index (κ2) is 6.10. The number of aromatic nitrogens is 3. The summed E-state index contributed by atoms with van der Waals surface area (Å²) in [6.45, 7) is 6.49. The molecule has 0 spiro atoms. The first-order valence-electron chi connectivity index (χ1n) is 7.38. The Hall–Kier alpha value is -1.13. The highest BCUT2D eigenvalue weighted by atomic mass is 35.5. The highest BCUT2D eigenvalue weighted by Crippen LogP contribution is 2.19. The molecule has 108 valence electrons. The second-order valence-corrected chi connectivity index (χ2v) is 5.78. The summed E-state index contributed by atoms with van der Waals surface area (Å²) >= 11 is 6.05. The van der Waals surface area contributed by atoms with Crippen LogP contribution in [0.15, 0.2) is 12.3 Å². The number of imidazole rings is 1. The summed E-state index contributed by atoms with van der Waals surface area (Å²) in [4.78, 5) is 11.7. The summed E-state index contributed by atoms with van der Waals surface area (Å²) in [6.07, 6.45) is 5.88. The van der Waals surface area contributed by atoms with E-state index in [1.165, 1.54) is 32.4 Å². The number of likely N-dealkylation sites (tertiary alicyclic amines) is 1. The number of pyridine rings is 1. The van der Waals surface area contributed by atoms with Crippen molar-refractivity contribution in [3.63, 3.8) is 0 Å². The first kappa shape index (κ1) is 13.8. The van der Waals surface area contributed by atoms with Crippen molar-refractivity contribution in [1.82, 2.24) is 19.4 Å². The van der Waals surface area contributed by atoms with E-state index in [0.717, 1.165) is 35.6 Å². The van der Waals surface area contributed by atoms with Gasteiger partial charge in [0.15, 0.2) is 5.65 Å². The van der Waals surface area contributed by atoms with E-state index in [4.69, 9.17) is 11.6 Å². The van der Waals surface area contributed by atoms with Crippen LogP contribution in [0, 0.1) is 6.92 Å². The van der Waals surface area contributed by atoms with Gasteiger partial charge in [0.2, 0.25) is 0 Å². The molecule has 2 aromatic rings. The maximum Gasteiger partial charge on any atom is 0.160 e. The van der Waals surface area contributed by atoms with Crippen LogP contribution in [-0.4, -0.2) is 39.1 Å². The van der Waals surface area contributed by atoms with Crippen molar-refractivity contribution >= 4 is 22.8 Å². The minimum Gasteiger partial charge on any atom is -0.310 e. The molecule has 3 heterocycles. The second-order valence-electron chi connectivity index (χ2n) is 5.52. The minimum absolute atomic E-state index is 0.440. The zero-order chi connectivity index (χ0) is 13.9. The number of rotatable bonds is 4. The molecule has 1 aliphatic rings. The molecule has 2 aromatic heterocycles. The Balaban J connectivity index is 1.84. The highest BCUT2D eigenvalue weighted by molar-refractivity contribution is 6.16. The number of hydrogen-bond donors (Lipinski definition) is 0. The molecule has 0 saturated carbocycles. The highest BCUT2D eigenvalue weighted by Gasteiger charge is 2.15. The number of piperidine rings is 1. The van der Waals surface area contributed by atoms with Crippen LogP contribution in [0.1, 0.15) is 30.7 Å². The van der Waals surface area contributed by atoms with Crippen molar-refractivity contribution in [3.8, 4) is 0 Å². The Bertz CT molecular complexity index is 587. The smallest absolute Gasteiger partial charge is 0.160 e. The lowest BCUT2D eigenvalue weighted by Crippen LogP contribution is -2.32. The van der Waals surface area contributed by atoms with Gasteiger partial charge < -0.3 is 9.47 Å². The maximum atomic E-state index is 6.05. The molecule has 5 heteroatoms. The van der Waals surface area contributed by atoms with Crippen molar-refractivity contribution in [2.24, 2.45) is 0 Å². The molecule has 4 nitrogen and oxygen atoms in total. The molecule has 0 radical (unpaired) electrons. The van der Waals surface area contributed by atoms with Crippen molar-refractivity contribution < 1.29 is 0 Å². The van der Waals surface area contributed by atoms with E-state index in [9.17, 15) is 0 Å². The minimum atomic E-state index is 0.440. The maximum absolute atomic E-state index is 6.05. The fraction of sp³-hybridized carbons (Fsp3) is 0.600. The van der Waals surface area contributed by atoms with Crippen molar-refractivity contribution in [3.05, 3.63) is 23.7 Å². The van der Waals surface area contributed by atoms with E-state index < -0.39 is 0 Å². The molecule has 0 unspecified atom stereocenters. The number of aryl methyl sites for hydroxylation is 1. The van der Waals surface area contributed by atoms with Crippen molar-refractivity contribution in [1.29, 1.82) is 0 Å². The molecule has 0 atom stereocenters. The Labute approximate surface area is 124 Å². The van der Waals surface area contributed by atoms with Gasteiger partial charge in [-0.1, -0.05) is 6.42 Å². The normalized spacial score (nSPS) is 16.9. The van der Waals surface area contributed by atoms with Gasteiger partial charge in [-0.3, -0.25) is 0 Å². The summed E-state index contributed by atoms with van der Waals surface area (Å²) in [6, 6.07) is 2.00. The van der Waals surface area contributed by atoms with Gasteiger partial charge in [0, 0.05) is 19.3 Å². The first-order chi connectivity index (χ1) is 9.79. The largest absolute Gasteiger partial charge is 0.310 e. The number of alkyl halides is 1. The molecule has 1 saturated heterocycles. The van der Waals surface area contributed by atoms with Gasteiger partial charge in [-0.2, -0.15) is 0 Å². The summed E-state index contributed by atoms with van der Waals surface area (Å²) in [5.74, 6) is 1.37. The fourth-order valence-corrected chi connectivity index (χ4v) is 3.15. The van der Waals surface area contributed by atoms with Gasteiger partial charge in [0.05, 0.1) is 5.88 Å². The number of halogens is 1. The first-order valence-corrected chi connectivity index (χ1v) is 7.92. The van der Waals surface area contributed by atoms with Gasteiger partial charge >= 0.3 is 0 Å². The van der Waals surface area contributed by atoms with Crippen molar-refractivity contribution in [2.45, 2.75) is 38.6 Å². The summed E-state index contributed by atoms with van der Waals surface area (Å²) in [5.41, 5.74) is 3.12. The van der Waals surface area contributed by atoms with Crippen LogP contribution in [0.3, 0.4) is 0 Å². The molecule has 0 bridgehead atoms. The van der Waals surface area contributed by atoms with Crippen LogP contribution in [0.25, 0.3) is 11.2 Å². The third kappa shape index (κ3) is 2.67. The molecule has 1 aliphatic heterocycles. The fourth-order valence-electron chi connectivity index (χ4n) is 2.94. The molecule has 0 aromatic carbocycles. The van der Waals surface area contributed by atoms with E-state index >= 15 is 0 Å². The van der Waals surface area contributed by atoms with Gasteiger partial charge in [-0.05, 0) is 44.5 Å². The molecule has 20 heavy (non-hydrogen) atoms. The average Bonchev–Trinajstić information content (AvgIpc) is 2.85. The lowest BCUT2D eigenvalue weighted by Gasteiger charge is -2.26.